The number of carbonyl (C=O) groups excluding carboxylic acids is 1. The van der Waals surface area contributed by atoms with Crippen molar-refractivity contribution in [1.29, 1.82) is 0 Å². The van der Waals surface area contributed by atoms with E-state index in [1.807, 2.05) is 6.92 Å². The van der Waals surface area contributed by atoms with Crippen LogP contribution in [0.5, 0.6) is 0 Å². The zero-order chi connectivity index (χ0) is 6.20. The van der Waals surface area contributed by atoms with Crippen molar-refractivity contribution in [3.05, 3.63) is 0 Å². The molecule has 3 heteroatoms. The van der Waals surface area contributed by atoms with E-state index < -0.39 is 11.4 Å². The Hall–Kier alpha value is 0.470. The van der Waals surface area contributed by atoms with Crippen molar-refractivity contribution in [2.24, 2.45) is 5.41 Å². The van der Waals surface area contributed by atoms with Crippen molar-refractivity contribution in [1.82, 2.24) is 0 Å². The predicted octanol–water partition coefficient (Wildman–Crippen LogP) is -3.07. The van der Waals surface area contributed by atoms with E-state index in [0.29, 0.717) is 0 Å². The van der Waals surface area contributed by atoms with Crippen LogP contribution in [0.2, 0.25) is 0 Å². The Kier molecular flexibility index (Phi) is 3.20. The number of aliphatic carboxylic acids is 1. The average molecular weight is 136 g/mol. The fourth-order valence-corrected chi connectivity index (χ4v) is 0.853. The van der Waals surface area contributed by atoms with E-state index in [1.54, 1.807) is 0 Å². The molecule has 0 aromatic carbocycles. The normalized spacial score (nSPS) is 20.1. The number of carbonyl (C=O) groups is 1. The third kappa shape index (κ3) is 1.69. The first-order valence-corrected chi connectivity index (χ1v) is 2.93. The van der Waals surface area contributed by atoms with Gasteiger partial charge in [-0.3, -0.25) is 0 Å². The first-order chi connectivity index (χ1) is 3.71. The molecule has 1 aliphatic rings. The molecule has 0 aromatic rings. The molecule has 0 unspecified atom stereocenters. The first kappa shape index (κ1) is 9.47. The first-order valence-electron chi connectivity index (χ1n) is 2.93. The van der Waals surface area contributed by atoms with Crippen molar-refractivity contribution in [3.8, 4) is 0 Å². The minimum atomic E-state index is -0.861. The summed E-state index contributed by atoms with van der Waals surface area (Å²) in [6, 6.07) is 0. The summed E-state index contributed by atoms with van der Waals surface area (Å²) in [7, 11) is 0. The Morgan fingerprint density at radius 1 is 1.67 bits per heavy atom. The summed E-state index contributed by atoms with van der Waals surface area (Å²) < 4.78 is 0. The molecule has 1 saturated carbocycles. The molecule has 0 spiro atoms. The Labute approximate surface area is 76.9 Å². The van der Waals surface area contributed by atoms with Gasteiger partial charge in [0.1, 0.15) is 0 Å². The third-order valence-corrected chi connectivity index (χ3v) is 1.96. The summed E-state index contributed by atoms with van der Waals surface area (Å²) in [5.74, 6) is -0.861. The second-order valence-corrected chi connectivity index (χ2v) is 2.42. The molecule has 46 valence electrons. The molecular formula is C6H9NaO2. The fraction of sp³-hybridized carbons (Fsp3) is 0.833. The minimum Gasteiger partial charge on any atom is -0.550 e. The van der Waals surface area contributed by atoms with Gasteiger partial charge in [-0.25, -0.2) is 0 Å². The Morgan fingerprint density at radius 3 is 2.11 bits per heavy atom. The molecule has 1 rings (SSSR count). The number of hydrogen-bond donors (Lipinski definition) is 0. The molecule has 1 fully saturated rings. The van der Waals surface area contributed by atoms with Gasteiger partial charge in [-0.1, -0.05) is 6.92 Å². The zero-order valence-electron chi connectivity index (χ0n) is 5.94. The van der Waals surface area contributed by atoms with Crippen LogP contribution in [0.1, 0.15) is 26.2 Å². The molecule has 0 aliphatic heterocycles. The molecule has 1 aliphatic carbocycles. The Balaban J connectivity index is 0.000000640. The molecule has 0 amide bonds. The summed E-state index contributed by atoms with van der Waals surface area (Å²) in [6.07, 6.45) is 2.38. The van der Waals surface area contributed by atoms with Crippen LogP contribution < -0.4 is 34.7 Å². The number of hydrogen-bond acceptors (Lipinski definition) is 2. The Morgan fingerprint density at radius 2 is 2.11 bits per heavy atom. The Bertz CT molecular complexity index is 118. The predicted molar refractivity (Wildman–Crippen MR) is 27.0 cm³/mol. The van der Waals surface area contributed by atoms with Crippen LogP contribution in [-0.2, 0) is 4.79 Å². The molecule has 0 radical (unpaired) electrons. The van der Waals surface area contributed by atoms with Gasteiger partial charge in [-0.15, -0.1) is 0 Å². The van der Waals surface area contributed by atoms with Crippen molar-refractivity contribution < 1.29 is 39.5 Å². The maximum Gasteiger partial charge on any atom is 1.00 e. The van der Waals surface area contributed by atoms with Gasteiger partial charge < -0.3 is 9.90 Å². The van der Waals surface area contributed by atoms with Crippen LogP contribution in [0.3, 0.4) is 0 Å². The quantitative estimate of drug-likeness (QED) is 0.378. The van der Waals surface area contributed by atoms with Crippen LogP contribution in [-0.4, -0.2) is 5.97 Å². The molecule has 2 nitrogen and oxygen atoms in total. The summed E-state index contributed by atoms with van der Waals surface area (Å²) in [5.41, 5.74) is -0.403. The summed E-state index contributed by atoms with van der Waals surface area (Å²) in [5, 5.41) is 10.2. The van der Waals surface area contributed by atoms with Gasteiger partial charge in [0.2, 0.25) is 0 Å². The van der Waals surface area contributed by atoms with E-state index in [4.69, 9.17) is 0 Å². The maximum absolute atomic E-state index is 10.2. The van der Waals surface area contributed by atoms with Crippen molar-refractivity contribution in [3.63, 3.8) is 0 Å². The second kappa shape index (κ2) is 3.04. The largest absolute Gasteiger partial charge is 1.00 e. The van der Waals surface area contributed by atoms with Crippen LogP contribution in [0.15, 0.2) is 0 Å². The molecule has 0 bridgehead atoms. The van der Waals surface area contributed by atoms with Crippen molar-refractivity contribution in [2.75, 3.05) is 0 Å². The minimum absolute atomic E-state index is 0. The zero-order valence-corrected chi connectivity index (χ0v) is 7.94. The van der Waals surface area contributed by atoms with E-state index in [2.05, 4.69) is 0 Å². The van der Waals surface area contributed by atoms with E-state index in [-0.39, 0.29) is 29.6 Å². The molecular weight excluding hydrogens is 127 g/mol. The molecule has 0 atom stereocenters. The van der Waals surface area contributed by atoms with E-state index in [9.17, 15) is 9.90 Å². The number of carboxylic acids is 1. The van der Waals surface area contributed by atoms with Gasteiger partial charge in [0.05, 0.1) is 0 Å². The second-order valence-electron chi connectivity index (χ2n) is 2.42. The van der Waals surface area contributed by atoms with Crippen LogP contribution in [0, 0.1) is 5.41 Å². The van der Waals surface area contributed by atoms with Crippen molar-refractivity contribution in [2.45, 2.75) is 26.2 Å². The van der Waals surface area contributed by atoms with Crippen LogP contribution in [0.25, 0.3) is 0 Å². The van der Waals surface area contributed by atoms with Crippen LogP contribution >= 0.6 is 0 Å². The average Bonchev–Trinajstić information content (AvgIpc) is 2.44. The third-order valence-electron chi connectivity index (χ3n) is 1.96. The van der Waals surface area contributed by atoms with Gasteiger partial charge in [0.25, 0.3) is 0 Å². The maximum atomic E-state index is 10.2. The van der Waals surface area contributed by atoms with E-state index in [0.717, 1.165) is 19.3 Å². The van der Waals surface area contributed by atoms with E-state index >= 15 is 0 Å². The standard InChI is InChI=1S/C6H10O2.Na/c1-2-6(3-4-6)5(7)8;/h2-4H2,1H3,(H,7,8);/q;+1/p-1. The monoisotopic (exact) mass is 136 g/mol. The molecule has 0 aromatic heterocycles. The van der Waals surface area contributed by atoms with Crippen molar-refractivity contribution >= 4 is 5.97 Å². The fourth-order valence-electron chi connectivity index (χ4n) is 0.853. The summed E-state index contributed by atoms with van der Waals surface area (Å²) in [6.45, 7) is 1.89. The van der Waals surface area contributed by atoms with Gasteiger partial charge in [0.15, 0.2) is 0 Å². The summed E-state index contributed by atoms with van der Waals surface area (Å²) in [4.78, 5) is 10.2. The van der Waals surface area contributed by atoms with E-state index in [1.165, 1.54) is 0 Å². The van der Waals surface area contributed by atoms with Crippen LogP contribution in [0.4, 0.5) is 0 Å². The smallest absolute Gasteiger partial charge is 0.550 e. The number of rotatable bonds is 2. The van der Waals surface area contributed by atoms with Gasteiger partial charge in [0, 0.05) is 11.4 Å². The SMILES string of the molecule is CCC1(C(=O)[O-])CC1.[Na+]. The molecule has 0 saturated heterocycles. The van der Waals surface area contributed by atoms with Gasteiger partial charge in [-0.05, 0) is 19.3 Å². The topological polar surface area (TPSA) is 40.1 Å². The molecule has 9 heavy (non-hydrogen) atoms. The van der Waals surface area contributed by atoms with Gasteiger partial charge in [-0.2, -0.15) is 0 Å². The number of carboxylic acid groups (broad SMARTS) is 1. The van der Waals surface area contributed by atoms with Gasteiger partial charge >= 0.3 is 29.6 Å². The summed E-state index contributed by atoms with van der Waals surface area (Å²) >= 11 is 0. The molecule has 0 N–H and O–H groups in total. The molecule has 0 heterocycles.